The quantitative estimate of drug-likeness (QED) is 0.0342. The number of hydrogen-bond donors (Lipinski definition) is 11. The lowest BCUT2D eigenvalue weighted by Gasteiger charge is -2.59. The Labute approximate surface area is 500 Å². The molecule has 16 atom stereocenters. The summed E-state index contributed by atoms with van der Waals surface area (Å²) in [5.74, 6) is 8.37. The molecule has 3 aromatic carbocycles. The summed E-state index contributed by atoms with van der Waals surface area (Å²) in [5.41, 5.74) is 14.7. The maximum absolute atomic E-state index is 13.0. The van der Waals surface area contributed by atoms with Crippen LogP contribution in [0.1, 0.15) is 124 Å². The highest BCUT2D eigenvalue weighted by molar-refractivity contribution is 8.76. The summed E-state index contributed by atoms with van der Waals surface area (Å²) in [5, 5.41) is 91.0. The predicted molar refractivity (Wildman–Crippen MR) is 332 cm³/mol. The third kappa shape index (κ3) is 12.6. The zero-order chi connectivity index (χ0) is 57.8. The van der Waals surface area contributed by atoms with E-state index in [1.165, 1.54) is 16.7 Å². The molecule has 14 heteroatoms. The van der Waals surface area contributed by atoms with Crippen LogP contribution in [0.4, 0.5) is 0 Å². The number of allylic oxidation sites excluding steroid dienone is 3. The van der Waals surface area contributed by atoms with E-state index in [9.17, 15) is 35.7 Å². The van der Waals surface area contributed by atoms with Gasteiger partial charge in [-0.2, -0.15) is 0 Å². The molecule has 446 valence electrons. The number of hydrogen-bond acceptors (Lipinski definition) is 13. The van der Waals surface area contributed by atoms with Crippen LogP contribution >= 0.6 is 21.6 Å². The van der Waals surface area contributed by atoms with Gasteiger partial charge in [0.25, 0.3) is 0 Å². The van der Waals surface area contributed by atoms with E-state index in [-0.39, 0.29) is 71.7 Å². The standard InChI is InChI=1S/C69H90N4O8S2/c1-3-44-28-47-31-60(78)62(81-63-32-48(29-50-17-12-25-71-50)52-21-26-72-67(70)57(52)41-83-82-40-49(38-74)66(63)80)34-54(47)55-33-61(79)65-46(30-53(44)55)20-24-68(35-51(18-19-59(65)77)73-37-42(2)76)36-56(45-15-8-5-9-16-45)58(27-43-13-6-4-7-14-43)69(64(68)39-75)22-10-11-23-69/h4-9,12-17,21,25,30-31,34,42,44,46,48-49,51,55-56,58-59,61,63-66,71-80H,3,10-11,18-19,22-23,26-29,32-33,35-41,70H2,1-2H3. The van der Waals surface area contributed by atoms with Gasteiger partial charge >= 0.3 is 0 Å². The number of nitrogens with two attached hydrogens (primary N) is 1. The number of aromatic hydroxyl groups is 1. The predicted octanol–water partition coefficient (Wildman–Crippen LogP) is 9.46. The minimum Gasteiger partial charge on any atom is -0.504 e. The van der Waals surface area contributed by atoms with Crippen molar-refractivity contribution in [1.82, 2.24) is 15.6 Å². The highest BCUT2D eigenvalue weighted by Crippen LogP contribution is 2.67. The number of ether oxygens (including phenoxy) is 1. The Balaban J connectivity index is 1.00. The van der Waals surface area contributed by atoms with Gasteiger partial charge in [0, 0.05) is 96.3 Å². The second-order valence-electron chi connectivity index (χ2n) is 25.8. The molecule has 1 aromatic heterocycles. The molecule has 12 nitrogen and oxygen atoms in total. The number of H-pyrrole nitrogens is 1. The number of aromatic nitrogens is 1. The number of nitrogens with one attached hydrogen (secondary N) is 3. The highest BCUT2D eigenvalue weighted by Gasteiger charge is 2.61. The molecule has 3 fully saturated rings. The van der Waals surface area contributed by atoms with Crippen LogP contribution in [0.25, 0.3) is 0 Å². The number of aromatic amines is 1. The molecule has 16 unspecified atom stereocenters. The number of phenolic OH excluding ortho intramolecular Hbond substituents is 1. The number of phenols is 1. The zero-order valence-electron chi connectivity index (χ0n) is 48.5. The zero-order valence-corrected chi connectivity index (χ0v) is 50.2. The van der Waals surface area contributed by atoms with E-state index in [1.807, 2.05) is 24.4 Å². The van der Waals surface area contributed by atoms with Gasteiger partial charge in [0.2, 0.25) is 0 Å². The Hall–Kier alpha value is -4.66. The van der Waals surface area contributed by atoms with Gasteiger partial charge in [-0.05, 0) is 165 Å². The molecule has 0 bridgehead atoms. The second kappa shape index (κ2) is 26.5. The number of dihydropyridines is 1. The molecule has 2 saturated carbocycles. The lowest BCUT2D eigenvalue weighted by atomic mass is 9.44. The van der Waals surface area contributed by atoms with E-state index in [2.05, 4.69) is 113 Å². The summed E-state index contributed by atoms with van der Waals surface area (Å²) in [6, 6.07) is 29.6. The van der Waals surface area contributed by atoms with Crippen molar-refractivity contribution in [3.63, 3.8) is 0 Å². The fourth-order valence-corrected chi connectivity index (χ4v) is 19.4. The third-order valence-corrected chi connectivity index (χ3v) is 23.3. The Morgan fingerprint density at radius 2 is 1.67 bits per heavy atom. The maximum atomic E-state index is 13.0. The Morgan fingerprint density at radius 1 is 0.892 bits per heavy atom. The number of aliphatic hydroxyl groups is 6. The third-order valence-electron chi connectivity index (χ3n) is 20.9. The molecule has 11 rings (SSSR count). The summed E-state index contributed by atoms with van der Waals surface area (Å²) in [6.45, 7) is 4.72. The summed E-state index contributed by atoms with van der Waals surface area (Å²) in [7, 11) is 3.26. The monoisotopic (exact) mass is 1170 g/mol. The average molecular weight is 1170 g/mol. The van der Waals surface area contributed by atoms with Crippen LogP contribution in [0.3, 0.4) is 0 Å². The first kappa shape index (κ1) is 60.0. The van der Waals surface area contributed by atoms with Gasteiger partial charge in [0.15, 0.2) is 11.5 Å². The first-order valence-electron chi connectivity index (χ1n) is 31.1. The molecule has 2 aliphatic heterocycles. The lowest BCUT2D eigenvalue weighted by molar-refractivity contribution is -0.0916. The molecule has 4 aromatic rings. The number of fused-ring (bicyclic) bond motifs is 5. The van der Waals surface area contributed by atoms with Gasteiger partial charge in [-0.1, -0.05) is 132 Å². The Morgan fingerprint density at radius 3 is 2.40 bits per heavy atom. The fraction of sp³-hybridized carbons (Fsp3) is 0.565. The van der Waals surface area contributed by atoms with Gasteiger partial charge in [-0.15, -0.1) is 0 Å². The van der Waals surface area contributed by atoms with E-state index in [0.717, 1.165) is 72.9 Å². The molecule has 2 spiro atoms. The van der Waals surface area contributed by atoms with Crippen molar-refractivity contribution in [2.75, 3.05) is 37.8 Å². The normalized spacial score (nSPS) is 34.0. The molecule has 0 radical (unpaired) electrons. The summed E-state index contributed by atoms with van der Waals surface area (Å²) in [4.78, 5) is 3.39. The number of aliphatic hydroxyl groups excluding tert-OH is 6. The summed E-state index contributed by atoms with van der Waals surface area (Å²) < 4.78 is 7.02. The molecule has 5 aliphatic carbocycles. The first-order valence-corrected chi connectivity index (χ1v) is 33.6. The minimum atomic E-state index is -1.08. The van der Waals surface area contributed by atoms with Crippen LogP contribution in [0.5, 0.6) is 11.5 Å². The van der Waals surface area contributed by atoms with Crippen molar-refractivity contribution >= 4 is 21.6 Å². The lowest BCUT2D eigenvalue weighted by Crippen LogP contribution is -2.56. The van der Waals surface area contributed by atoms with Crippen LogP contribution in [-0.2, 0) is 19.3 Å². The maximum Gasteiger partial charge on any atom is 0.161 e. The average Bonchev–Trinajstić information content (AvgIpc) is 3.68. The van der Waals surface area contributed by atoms with Gasteiger partial charge in [0.1, 0.15) is 11.9 Å². The largest absolute Gasteiger partial charge is 0.504 e. The molecular formula is C69H90N4O8S2. The fourth-order valence-electron chi connectivity index (χ4n) is 16.9. The Kier molecular flexibility index (Phi) is 19.2. The molecule has 3 heterocycles. The van der Waals surface area contributed by atoms with Gasteiger partial charge in [0.05, 0.1) is 24.4 Å². The van der Waals surface area contributed by atoms with E-state index in [4.69, 9.17) is 10.5 Å². The van der Waals surface area contributed by atoms with Crippen LogP contribution in [0.2, 0.25) is 0 Å². The molecule has 12 N–H and O–H groups in total. The van der Waals surface area contributed by atoms with E-state index < -0.39 is 53.7 Å². The first-order chi connectivity index (χ1) is 40.3. The smallest absolute Gasteiger partial charge is 0.161 e. The molecular weight excluding hydrogens is 1080 g/mol. The SMILES string of the molecule is CCC1Cc2cc(O)c(OC3CC(Cc4ccc[nH]4)C4=CCNC(N)=C4CSSCC(CO)C3O)cc2C2CC(O)C3C(C#CC4(CC(NCC(C)O)CCC3O)CC(c3ccccc3)C(Cc3ccccc3)C3(CCCC3)C4CO)C=C12. The van der Waals surface area contributed by atoms with Crippen molar-refractivity contribution in [3.8, 4) is 23.3 Å². The molecule has 0 amide bonds. The molecule has 1 saturated heterocycles. The molecule has 7 aliphatic rings. The minimum absolute atomic E-state index is 0.00507. The van der Waals surface area contributed by atoms with E-state index >= 15 is 0 Å². The van der Waals surface area contributed by atoms with Gasteiger partial charge < -0.3 is 61.8 Å². The van der Waals surface area contributed by atoms with Gasteiger partial charge in [-0.3, -0.25) is 0 Å². The van der Waals surface area contributed by atoms with E-state index in [0.29, 0.717) is 75.4 Å². The Bertz CT molecular complexity index is 2970. The van der Waals surface area contributed by atoms with E-state index in [1.54, 1.807) is 28.5 Å². The van der Waals surface area contributed by atoms with Crippen LogP contribution < -0.4 is 21.1 Å². The van der Waals surface area contributed by atoms with Crippen LogP contribution in [0.15, 0.2) is 126 Å². The van der Waals surface area contributed by atoms with Crippen molar-refractivity contribution in [1.29, 1.82) is 0 Å². The highest BCUT2D eigenvalue weighted by atomic mass is 33.1. The van der Waals surface area contributed by atoms with Crippen LogP contribution in [0, 0.1) is 64.1 Å². The van der Waals surface area contributed by atoms with Gasteiger partial charge in [-0.25, -0.2) is 0 Å². The number of rotatable bonds is 13. The topological polar surface area (TPSA) is 217 Å². The number of benzene rings is 3. The van der Waals surface area contributed by atoms with Crippen molar-refractivity contribution in [2.24, 2.45) is 58.0 Å². The molecule has 83 heavy (non-hydrogen) atoms. The van der Waals surface area contributed by atoms with Crippen molar-refractivity contribution in [3.05, 3.63) is 154 Å². The van der Waals surface area contributed by atoms with Crippen molar-refractivity contribution in [2.45, 2.75) is 152 Å². The summed E-state index contributed by atoms with van der Waals surface area (Å²) in [6.07, 6.45) is 12.5. The van der Waals surface area contributed by atoms with Crippen molar-refractivity contribution < 1.29 is 40.5 Å². The van der Waals surface area contributed by atoms with Crippen LogP contribution in [-0.4, -0.2) is 115 Å². The second-order valence-corrected chi connectivity index (χ2v) is 28.3. The summed E-state index contributed by atoms with van der Waals surface area (Å²) >= 11 is 0.